The molecule has 0 bridgehead atoms. The molecule has 0 amide bonds. The Kier molecular flexibility index (Phi) is 5.07. The lowest BCUT2D eigenvalue weighted by Crippen LogP contribution is -2.14. The van der Waals surface area contributed by atoms with Crippen LogP contribution < -0.4 is 5.32 Å². The molecule has 2 aromatic rings. The lowest BCUT2D eigenvalue weighted by molar-refractivity contribution is 0.572. The van der Waals surface area contributed by atoms with Crippen LogP contribution in [0.3, 0.4) is 0 Å². The maximum atomic E-state index is 13.9. The second-order valence-electron chi connectivity index (χ2n) is 5.11. The van der Waals surface area contributed by atoms with Crippen LogP contribution in [0.25, 0.3) is 5.69 Å². The quantitative estimate of drug-likeness (QED) is 0.828. The molecule has 114 valence electrons. The minimum Gasteiger partial charge on any atom is -0.317 e. The summed E-state index contributed by atoms with van der Waals surface area (Å²) in [5, 5.41) is 7.69. The van der Waals surface area contributed by atoms with Crippen molar-refractivity contribution < 1.29 is 8.78 Å². The van der Waals surface area contributed by atoms with E-state index >= 15 is 0 Å². The molecule has 1 aromatic carbocycles. The van der Waals surface area contributed by atoms with Crippen molar-refractivity contribution in [2.24, 2.45) is 0 Å². The van der Waals surface area contributed by atoms with Gasteiger partial charge in [-0.1, -0.05) is 6.92 Å². The zero-order valence-corrected chi connectivity index (χ0v) is 12.7. The van der Waals surface area contributed by atoms with Crippen molar-refractivity contribution in [2.45, 2.75) is 33.6 Å². The van der Waals surface area contributed by atoms with Gasteiger partial charge in [-0.25, -0.2) is 13.5 Å². The molecule has 0 radical (unpaired) electrons. The number of aromatic nitrogens is 2. The van der Waals surface area contributed by atoms with Gasteiger partial charge in [-0.2, -0.15) is 5.10 Å². The zero-order valence-electron chi connectivity index (χ0n) is 12.7. The third-order valence-corrected chi connectivity index (χ3v) is 3.61. The average molecular weight is 293 g/mol. The second kappa shape index (κ2) is 6.80. The predicted octanol–water partition coefficient (Wildman–Crippen LogP) is 3.31. The molecular weight excluding hydrogens is 272 g/mol. The van der Waals surface area contributed by atoms with E-state index in [0.29, 0.717) is 0 Å². The molecule has 0 saturated heterocycles. The fraction of sp³-hybridized carbons (Fsp3) is 0.438. The maximum Gasteiger partial charge on any atom is 0.151 e. The summed E-state index contributed by atoms with van der Waals surface area (Å²) in [6.45, 7) is 7.83. The van der Waals surface area contributed by atoms with Crippen molar-refractivity contribution in [1.29, 1.82) is 0 Å². The van der Waals surface area contributed by atoms with Crippen LogP contribution in [-0.2, 0) is 6.42 Å². The monoisotopic (exact) mass is 293 g/mol. The Morgan fingerprint density at radius 3 is 2.67 bits per heavy atom. The first-order chi connectivity index (χ1) is 10.0. The number of nitrogens with zero attached hydrogens (tertiary/aromatic N) is 2. The largest absolute Gasteiger partial charge is 0.317 e. The van der Waals surface area contributed by atoms with Crippen molar-refractivity contribution in [3.63, 3.8) is 0 Å². The Balaban J connectivity index is 2.26. The Hall–Kier alpha value is -1.75. The number of halogens is 2. The minimum atomic E-state index is -0.597. The van der Waals surface area contributed by atoms with E-state index in [1.165, 1.54) is 12.1 Å². The van der Waals surface area contributed by atoms with Gasteiger partial charge in [-0.3, -0.25) is 0 Å². The first kappa shape index (κ1) is 15.6. The molecule has 2 rings (SSSR count). The van der Waals surface area contributed by atoms with E-state index in [9.17, 15) is 8.78 Å². The molecule has 1 heterocycles. The molecule has 5 heteroatoms. The topological polar surface area (TPSA) is 29.9 Å². The van der Waals surface area contributed by atoms with Crippen LogP contribution >= 0.6 is 0 Å². The van der Waals surface area contributed by atoms with Gasteiger partial charge in [0.2, 0.25) is 0 Å². The number of hydrogen-bond acceptors (Lipinski definition) is 2. The van der Waals surface area contributed by atoms with Gasteiger partial charge in [-0.15, -0.1) is 0 Å². The molecule has 0 aliphatic rings. The van der Waals surface area contributed by atoms with Gasteiger partial charge in [-0.05, 0) is 57.5 Å². The van der Waals surface area contributed by atoms with Gasteiger partial charge < -0.3 is 5.32 Å². The highest BCUT2D eigenvalue weighted by Crippen LogP contribution is 2.21. The minimum absolute atomic E-state index is 0.287. The predicted molar refractivity (Wildman–Crippen MR) is 79.8 cm³/mol. The molecule has 0 fully saturated rings. The number of hydrogen-bond donors (Lipinski definition) is 1. The standard InChI is InChI=1S/C16H21F2N3/c1-4-19-9-5-6-14-11(2)20-21(12(14)3)16-8-7-13(17)10-15(16)18/h7-8,10,19H,4-6,9H2,1-3H3. The fourth-order valence-corrected chi connectivity index (χ4v) is 2.49. The van der Waals surface area contributed by atoms with E-state index < -0.39 is 11.6 Å². The number of aryl methyl sites for hydroxylation is 1. The summed E-state index contributed by atoms with van der Waals surface area (Å²) in [6.07, 6.45) is 1.90. The first-order valence-electron chi connectivity index (χ1n) is 7.25. The Morgan fingerprint density at radius 1 is 1.24 bits per heavy atom. The number of nitrogens with one attached hydrogen (secondary N) is 1. The van der Waals surface area contributed by atoms with E-state index in [2.05, 4.69) is 17.3 Å². The van der Waals surface area contributed by atoms with Gasteiger partial charge >= 0.3 is 0 Å². The van der Waals surface area contributed by atoms with Crippen molar-refractivity contribution in [2.75, 3.05) is 13.1 Å². The van der Waals surface area contributed by atoms with Gasteiger partial charge in [0.15, 0.2) is 5.82 Å². The normalized spacial score (nSPS) is 11.1. The van der Waals surface area contributed by atoms with Crippen LogP contribution in [0.4, 0.5) is 8.78 Å². The summed E-state index contributed by atoms with van der Waals surface area (Å²) in [7, 11) is 0. The van der Waals surface area contributed by atoms with Crippen LogP contribution in [-0.4, -0.2) is 22.9 Å². The van der Waals surface area contributed by atoms with Gasteiger partial charge in [0.05, 0.1) is 5.69 Å². The molecule has 0 saturated carbocycles. The number of benzene rings is 1. The van der Waals surface area contributed by atoms with E-state index in [1.54, 1.807) is 4.68 Å². The molecule has 21 heavy (non-hydrogen) atoms. The summed E-state index contributed by atoms with van der Waals surface area (Å²) in [4.78, 5) is 0. The molecule has 3 nitrogen and oxygen atoms in total. The highest BCUT2D eigenvalue weighted by Gasteiger charge is 2.15. The zero-order chi connectivity index (χ0) is 15.4. The van der Waals surface area contributed by atoms with Crippen molar-refractivity contribution >= 4 is 0 Å². The van der Waals surface area contributed by atoms with Crippen LogP contribution in [0.1, 0.15) is 30.3 Å². The maximum absolute atomic E-state index is 13.9. The van der Waals surface area contributed by atoms with E-state index in [0.717, 1.165) is 48.9 Å². The van der Waals surface area contributed by atoms with Crippen LogP contribution in [0, 0.1) is 25.5 Å². The van der Waals surface area contributed by atoms with Crippen LogP contribution in [0.5, 0.6) is 0 Å². The third-order valence-electron chi connectivity index (χ3n) is 3.61. The smallest absolute Gasteiger partial charge is 0.151 e. The van der Waals surface area contributed by atoms with Gasteiger partial charge in [0, 0.05) is 11.8 Å². The summed E-state index contributed by atoms with van der Waals surface area (Å²) >= 11 is 0. The highest BCUT2D eigenvalue weighted by atomic mass is 19.1. The molecule has 0 aliphatic heterocycles. The molecule has 0 aliphatic carbocycles. The molecule has 1 aromatic heterocycles. The molecule has 0 spiro atoms. The third kappa shape index (κ3) is 3.47. The van der Waals surface area contributed by atoms with Crippen molar-refractivity contribution in [3.8, 4) is 5.69 Å². The average Bonchev–Trinajstić information content (AvgIpc) is 2.71. The van der Waals surface area contributed by atoms with E-state index in [1.807, 2.05) is 13.8 Å². The molecule has 0 unspecified atom stereocenters. The SMILES string of the molecule is CCNCCCc1c(C)nn(-c2ccc(F)cc2F)c1C. The van der Waals surface area contributed by atoms with Crippen molar-refractivity contribution in [1.82, 2.24) is 15.1 Å². The molecule has 0 atom stereocenters. The summed E-state index contributed by atoms with van der Waals surface area (Å²) in [5.74, 6) is -1.18. The lowest BCUT2D eigenvalue weighted by Gasteiger charge is -2.07. The van der Waals surface area contributed by atoms with E-state index in [4.69, 9.17) is 0 Å². The summed E-state index contributed by atoms with van der Waals surface area (Å²) in [6, 6.07) is 3.56. The number of rotatable bonds is 6. The second-order valence-corrected chi connectivity index (χ2v) is 5.11. The molecular formula is C16H21F2N3. The van der Waals surface area contributed by atoms with Crippen LogP contribution in [0.2, 0.25) is 0 Å². The Morgan fingerprint density at radius 2 is 2.00 bits per heavy atom. The Bertz CT molecular complexity index is 620. The van der Waals surface area contributed by atoms with Gasteiger partial charge in [0.25, 0.3) is 0 Å². The first-order valence-corrected chi connectivity index (χ1v) is 7.25. The highest BCUT2D eigenvalue weighted by molar-refractivity contribution is 5.38. The van der Waals surface area contributed by atoms with Gasteiger partial charge in [0.1, 0.15) is 11.5 Å². The Labute approximate surface area is 124 Å². The van der Waals surface area contributed by atoms with Crippen molar-refractivity contribution in [3.05, 3.63) is 46.8 Å². The fourth-order valence-electron chi connectivity index (χ4n) is 2.49. The summed E-state index contributed by atoms with van der Waals surface area (Å²) in [5.41, 5.74) is 3.23. The van der Waals surface area contributed by atoms with Crippen LogP contribution in [0.15, 0.2) is 18.2 Å². The summed E-state index contributed by atoms with van der Waals surface area (Å²) < 4.78 is 28.5. The van der Waals surface area contributed by atoms with E-state index in [-0.39, 0.29) is 5.69 Å². The molecule has 1 N–H and O–H groups in total. The lowest BCUT2D eigenvalue weighted by atomic mass is 10.1.